The van der Waals surface area contributed by atoms with Crippen LogP contribution in [0.1, 0.15) is 27.2 Å². The summed E-state index contributed by atoms with van der Waals surface area (Å²) in [5.74, 6) is -0.181. The first kappa shape index (κ1) is 28.5. The van der Waals surface area contributed by atoms with Crippen LogP contribution in [0.2, 0.25) is 0 Å². The molecule has 1 amide bonds. The van der Waals surface area contributed by atoms with Gasteiger partial charge in [-0.05, 0) is 61.1 Å². The predicted molar refractivity (Wildman–Crippen MR) is 143 cm³/mol. The number of carbonyl (C=O) groups is 1. The fourth-order valence-electron chi connectivity index (χ4n) is 4.14. The third kappa shape index (κ3) is 6.62. The summed E-state index contributed by atoms with van der Waals surface area (Å²) in [5, 5.41) is 12.0. The first-order chi connectivity index (χ1) is 17.8. The number of nitrogens with zero attached hydrogens (tertiary/aromatic N) is 3. The summed E-state index contributed by atoms with van der Waals surface area (Å²) in [6.45, 7) is 1.23. The first-order valence-corrected chi connectivity index (χ1v) is 11.7. The molecule has 0 fully saturated rings. The highest BCUT2D eigenvalue weighted by Gasteiger charge is 2.34. The van der Waals surface area contributed by atoms with Crippen LogP contribution in [-0.2, 0) is 12.7 Å². The molecule has 0 atom stereocenters. The van der Waals surface area contributed by atoms with Crippen molar-refractivity contribution in [1.82, 2.24) is 14.8 Å². The summed E-state index contributed by atoms with van der Waals surface area (Å²) >= 11 is 0. The van der Waals surface area contributed by atoms with Crippen LogP contribution in [-0.4, -0.2) is 35.5 Å². The molecule has 0 saturated heterocycles. The fourth-order valence-corrected chi connectivity index (χ4v) is 4.14. The molecule has 4 aromatic rings. The van der Waals surface area contributed by atoms with Crippen molar-refractivity contribution in [3.63, 3.8) is 0 Å². The van der Waals surface area contributed by atoms with E-state index in [0.717, 1.165) is 6.07 Å². The van der Waals surface area contributed by atoms with Crippen LogP contribution < -0.4 is 5.32 Å². The average molecular weight is 539 g/mol. The SMILES string of the molecule is CN(CCNC(=O)c1ccccc1)Cc1ccc(-c2ccc(C#N)cc2)n1-c1ccccc1C(F)(F)F.Cl. The Morgan fingerprint density at radius 2 is 1.61 bits per heavy atom. The summed E-state index contributed by atoms with van der Waals surface area (Å²) in [7, 11) is 1.85. The molecule has 0 aliphatic heterocycles. The second-order valence-electron chi connectivity index (χ2n) is 8.61. The lowest BCUT2D eigenvalue weighted by Gasteiger charge is -2.22. The average Bonchev–Trinajstić information content (AvgIpc) is 3.31. The Balaban J connectivity index is 0.00000400. The zero-order valence-corrected chi connectivity index (χ0v) is 21.4. The summed E-state index contributed by atoms with van der Waals surface area (Å²) in [6.07, 6.45) is -4.53. The Kier molecular flexibility index (Phi) is 9.35. The lowest BCUT2D eigenvalue weighted by molar-refractivity contribution is -0.137. The fraction of sp³-hybridized carbons (Fsp3) is 0.172. The number of likely N-dealkylation sites (N-methyl/N-ethyl adjacent to an activating group) is 1. The van der Waals surface area contributed by atoms with Gasteiger partial charge in [-0.1, -0.05) is 42.5 Å². The quantitative estimate of drug-likeness (QED) is 0.286. The van der Waals surface area contributed by atoms with Gasteiger partial charge < -0.3 is 9.88 Å². The smallest absolute Gasteiger partial charge is 0.351 e. The maximum atomic E-state index is 13.9. The van der Waals surface area contributed by atoms with Gasteiger partial charge in [0.2, 0.25) is 0 Å². The molecule has 0 aliphatic carbocycles. The topological polar surface area (TPSA) is 61.1 Å². The molecule has 0 saturated carbocycles. The van der Waals surface area contributed by atoms with E-state index >= 15 is 0 Å². The maximum absolute atomic E-state index is 13.9. The second-order valence-corrected chi connectivity index (χ2v) is 8.61. The lowest BCUT2D eigenvalue weighted by atomic mass is 10.1. The molecule has 38 heavy (non-hydrogen) atoms. The number of nitriles is 1. The van der Waals surface area contributed by atoms with Crippen LogP contribution in [0.5, 0.6) is 0 Å². The third-order valence-corrected chi connectivity index (χ3v) is 5.97. The molecular formula is C29H26ClF3N4O. The minimum absolute atomic E-state index is 0. The summed E-state index contributed by atoms with van der Waals surface area (Å²) < 4.78 is 43.5. The second kappa shape index (κ2) is 12.5. The van der Waals surface area contributed by atoms with Gasteiger partial charge in [-0.25, -0.2) is 0 Å². The molecule has 3 aromatic carbocycles. The Morgan fingerprint density at radius 1 is 0.947 bits per heavy atom. The minimum Gasteiger partial charge on any atom is -0.351 e. The molecule has 9 heteroatoms. The van der Waals surface area contributed by atoms with Crippen molar-refractivity contribution in [2.45, 2.75) is 12.7 Å². The predicted octanol–water partition coefficient (Wildman–Crippen LogP) is 6.32. The number of nitrogens with one attached hydrogen (secondary N) is 1. The van der Waals surface area contributed by atoms with Crippen LogP contribution in [0.25, 0.3) is 16.9 Å². The Hall–Kier alpha value is -4.06. The van der Waals surface area contributed by atoms with Crippen LogP contribution in [0.3, 0.4) is 0 Å². The van der Waals surface area contributed by atoms with Gasteiger partial charge in [0.25, 0.3) is 5.91 Å². The van der Waals surface area contributed by atoms with Crippen molar-refractivity contribution < 1.29 is 18.0 Å². The highest BCUT2D eigenvalue weighted by Crippen LogP contribution is 2.37. The molecule has 0 spiro atoms. The monoisotopic (exact) mass is 538 g/mol. The van der Waals surface area contributed by atoms with Gasteiger partial charge in [-0.15, -0.1) is 12.4 Å². The Labute approximate surface area is 225 Å². The number of halogens is 4. The number of rotatable bonds is 8. The number of carbonyl (C=O) groups excluding carboxylic acids is 1. The third-order valence-electron chi connectivity index (χ3n) is 5.97. The highest BCUT2D eigenvalue weighted by molar-refractivity contribution is 5.94. The zero-order chi connectivity index (χ0) is 26.4. The summed E-state index contributed by atoms with van der Waals surface area (Å²) in [5.41, 5.74) is 2.26. The van der Waals surface area contributed by atoms with E-state index < -0.39 is 11.7 Å². The van der Waals surface area contributed by atoms with E-state index in [1.807, 2.05) is 18.0 Å². The molecule has 4 rings (SSSR count). The molecule has 0 bridgehead atoms. The molecule has 196 valence electrons. The summed E-state index contributed by atoms with van der Waals surface area (Å²) in [6, 6.07) is 26.8. The molecule has 1 heterocycles. The van der Waals surface area contributed by atoms with E-state index in [0.29, 0.717) is 47.7 Å². The number of aromatic nitrogens is 1. The molecule has 0 aliphatic rings. The van der Waals surface area contributed by atoms with Crippen molar-refractivity contribution in [1.29, 1.82) is 5.26 Å². The zero-order valence-electron chi connectivity index (χ0n) is 20.6. The van der Waals surface area contributed by atoms with Gasteiger partial charge in [0, 0.05) is 30.9 Å². The van der Waals surface area contributed by atoms with E-state index in [1.165, 1.54) is 12.1 Å². The van der Waals surface area contributed by atoms with Crippen molar-refractivity contribution in [2.75, 3.05) is 20.1 Å². The van der Waals surface area contributed by atoms with Crippen LogP contribution in [0.4, 0.5) is 13.2 Å². The first-order valence-electron chi connectivity index (χ1n) is 11.7. The van der Waals surface area contributed by atoms with Gasteiger partial charge in [0.15, 0.2) is 0 Å². The highest BCUT2D eigenvalue weighted by atomic mass is 35.5. The Morgan fingerprint density at radius 3 is 2.26 bits per heavy atom. The van der Waals surface area contributed by atoms with Gasteiger partial charge in [0.1, 0.15) is 0 Å². The standard InChI is InChI=1S/C29H25F3N4O.ClH/c1-35(18-17-34-28(37)23-7-3-2-4-8-23)20-24-15-16-26(22-13-11-21(19-33)12-14-22)36(24)27-10-6-5-9-25(27)29(30,31)32;/h2-16H,17-18,20H2,1H3,(H,34,37);1H. The number of benzene rings is 3. The molecule has 0 unspecified atom stereocenters. The Bertz CT molecular complexity index is 1410. The van der Waals surface area contributed by atoms with Gasteiger partial charge >= 0.3 is 6.18 Å². The molecule has 1 N–H and O–H groups in total. The number of amides is 1. The molecular weight excluding hydrogens is 513 g/mol. The number of hydrogen-bond acceptors (Lipinski definition) is 3. The normalized spacial score (nSPS) is 11.1. The minimum atomic E-state index is -4.53. The molecule has 0 radical (unpaired) electrons. The largest absolute Gasteiger partial charge is 0.418 e. The number of hydrogen-bond donors (Lipinski definition) is 1. The van der Waals surface area contributed by atoms with E-state index in [9.17, 15) is 18.0 Å². The van der Waals surface area contributed by atoms with E-state index in [1.54, 1.807) is 71.3 Å². The lowest BCUT2D eigenvalue weighted by Crippen LogP contribution is -2.33. The van der Waals surface area contributed by atoms with E-state index in [4.69, 9.17) is 5.26 Å². The van der Waals surface area contributed by atoms with Crippen LogP contribution in [0, 0.1) is 11.3 Å². The van der Waals surface area contributed by atoms with Gasteiger partial charge in [-0.2, -0.15) is 18.4 Å². The van der Waals surface area contributed by atoms with E-state index in [2.05, 4.69) is 11.4 Å². The van der Waals surface area contributed by atoms with E-state index in [-0.39, 0.29) is 24.0 Å². The number of para-hydroxylation sites is 1. The molecule has 5 nitrogen and oxygen atoms in total. The van der Waals surface area contributed by atoms with Gasteiger partial charge in [0.05, 0.1) is 28.6 Å². The number of alkyl halides is 3. The van der Waals surface area contributed by atoms with Crippen molar-refractivity contribution >= 4 is 18.3 Å². The van der Waals surface area contributed by atoms with Crippen LogP contribution >= 0.6 is 12.4 Å². The molecule has 1 aromatic heterocycles. The maximum Gasteiger partial charge on any atom is 0.418 e. The van der Waals surface area contributed by atoms with Gasteiger partial charge in [-0.3, -0.25) is 9.69 Å². The van der Waals surface area contributed by atoms with Crippen LogP contribution in [0.15, 0.2) is 91.0 Å². The summed E-state index contributed by atoms with van der Waals surface area (Å²) in [4.78, 5) is 14.2. The van der Waals surface area contributed by atoms with Crippen molar-refractivity contribution in [3.8, 4) is 23.0 Å². The van der Waals surface area contributed by atoms with Crippen molar-refractivity contribution in [3.05, 3.63) is 113 Å². The van der Waals surface area contributed by atoms with Crippen molar-refractivity contribution in [2.24, 2.45) is 0 Å².